The van der Waals surface area contributed by atoms with Crippen molar-refractivity contribution in [3.63, 3.8) is 0 Å². The Labute approximate surface area is 119 Å². The molecule has 0 aliphatic rings. The number of benzene rings is 1. The number of halogens is 3. The van der Waals surface area contributed by atoms with Crippen LogP contribution in [0.2, 0.25) is 5.02 Å². The maximum Gasteiger partial charge on any atom is 0.280 e. The van der Waals surface area contributed by atoms with Crippen LogP contribution in [0.1, 0.15) is 11.4 Å². The fraction of sp³-hybridized carbons (Fsp3) is 0.182. The van der Waals surface area contributed by atoms with Crippen molar-refractivity contribution >= 4 is 31.3 Å². The van der Waals surface area contributed by atoms with Gasteiger partial charge in [-0.3, -0.25) is 0 Å². The van der Waals surface area contributed by atoms with Gasteiger partial charge in [-0.25, -0.2) is 17.8 Å². The van der Waals surface area contributed by atoms with Crippen LogP contribution >= 0.6 is 22.3 Å². The van der Waals surface area contributed by atoms with Crippen molar-refractivity contribution in [1.29, 1.82) is 0 Å². The predicted octanol–water partition coefficient (Wildman–Crippen LogP) is 2.96. The Morgan fingerprint density at radius 2 is 2.11 bits per heavy atom. The van der Waals surface area contributed by atoms with Crippen LogP contribution in [0.4, 0.5) is 4.39 Å². The standard InChI is InChI=1S/C11H9Cl2FN2O2S/c1-7-15-11(19(13,17)18)6-16(7)5-8-2-3-10(14)9(12)4-8/h2-4,6H,5H2,1H3. The van der Waals surface area contributed by atoms with Gasteiger partial charge in [0, 0.05) is 23.4 Å². The summed E-state index contributed by atoms with van der Waals surface area (Å²) in [6.45, 7) is 1.97. The monoisotopic (exact) mass is 322 g/mol. The summed E-state index contributed by atoms with van der Waals surface area (Å²) in [6.07, 6.45) is 1.33. The highest BCUT2D eigenvalue weighted by Crippen LogP contribution is 2.19. The summed E-state index contributed by atoms with van der Waals surface area (Å²) in [5.41, 5.74) is 0.727. The van der Waals surface area contributed by atoms with E-state index < -0.39 is 14.9 Å². The van der Waals surface area contributed by atoms with Crippen molar-refractivity contribution < 1.29 is 12.8 Å². The highest BCUT2D eigenvalue weighted by molar-refractivity contribution is 8.13. The summed E-state index contributed by atoms with van der Waals surface area (Å²) in [4.78, 5) is 3.85. The van der Waals surface area contributed by atoms with Gasteiger partial charge in [-0.1, -0.05) is 17.7 Å². The van der Waals surface area contributed by atoms with Crippen molar-refractivity contribution in [3.8, 4) is 0 Å². The molecule has 0 saturated carbocycles. The van der Waals surface area contributed by atoms with Gasteiger partial charge in [-0.05, 0) is 24.6 Å². The van der Waals surface area contributed by atoms with Crippen LogP contribution in [0.15, 0.2) is 29.4 Å². The average molecular weight is 323 g/mol. The molecular formula is C11H9Cl2FN2O2S. The van der Waals surface area contributed by atoms with Crippen LogP contribution in [-0.2, 0) is 15.6 Å². The highest BCUT2D eigenvalue weighted by atomic mass is 35.7. The molecule has 0 N–H and O–H groups in total. The zero-order valence-corrected chi connectivity index (χ0v) is 12.1. The van der Waals surface area contributed by atoms with E-state index in [1.165, 1.54) is 18.3 Å². The highest BCUT2D eigenvalue weighted by Gasteiger charge is 2.16. The van der Waals surface area contributed by atoms with Crippen molar-refractivity contribution in [2.24, 2.45) is 0 Å². The lowest BCUT2D eigenvalue weighted by Gasteiger charge is -2.05. The second-order valence-corrected chi connectivity index (χ2v) is 6.86. The largest absolute Gasteiger partial charge is 0.329 e. The van der Waals surface area contributed by atoms with E-state index >= 15 is 0 Å². The molecule has 0 unspecified atom stereocenters. The fourth-order valence-corrected chi connectivity index (χ4v) is 2.51. The van der Waals surface area contributed by atoms with Crippen molar-refractivity contribution in [2.45, 2.75) is 18.5 Å². The summed E-state index contributed by atoms with van der Waals surface area (Å²) >= 11 is 5.68. The molecule has 0 aliphatic heterocycles. The van der Waals surface area contributed by atoms with Gasteiger partial charge in [-0.2, -0.15) is 0 Å². The van der Waals surface area contributed by atoms with Gasteiger partial charge in [-0.15, -0.1) is 0 Å². The maximum absolute atomic E-state index is 13.0. The van der Waals surface area contributed by atoms with E-state index in [1.54, 1.807) is 17.6 Å². The second-order valence-electron chi connectivity index (χ2n) is 3.94. The van der Waals surface area contributed by atoms with Gasteiger partial charge >= 0.3 is 0 Å². The summed E-state index contributed by atoms with van der Waals surface area (Å²) in [5, 5.41) is -0.194. The molecule has 0 spiro atoms. The lowest BCUT2D eigenvalue weighted by molar-refractivity contribution is 0.606. The lowest BCUT2D eigenvalue weighted by Crippen LogP contribution is -2.00. The molecule has 1 heterocycles. The van der Waals surface area contributed by atoms with Gasteiger partial charge < -0.3 is 4.57 Å². The van der Waals surface area contributed by atoms with Crippen molar-refractivity contribution in [3.05, 3.63) is 46.6 Å². The molecule has 0 amide bonds. The molecule has 0 fully saturated rings. The van der Waals surface area contributed by atoms with Gasteiger partial charge in [0.2, 0.25) is 0 Å². The molecule has 4 nitrogen and oxygen atoms in total. The Bertz CT molecular complexity index is 728. The van der Waals surface area contributed by atoms with Crippen LogP contribution in [0.5, 0.6) is 0 Å². The molecule has 2 rings (SSSR count). The Morgan fingerprint density at radius 3 is 2.63 bits per heavy atom. The molecule has 2 aromatic rings. The summed E-state index contributed by atoms with van der Waals surface area (Å²) in [5.74, 6) is -0.0172. The molecule has 0 atom stereocenters. The van der Waals surface area contributed by atoms with Crippen LogP contribution in [0, 0.1) is 12.7 Å². The number of imidazole rings is 1. The minimum atomic E-state index is -3.86. The molecular weight excluding hydrogens is 314 g/mol. The smallest absolute Gasteiger partial charge is 0.280 e. The third-order valence-electron chi connectivity index (χ3n) is 2.54. The van der Waals surface area contributed by atoms with Crippen molar-refractivity contribution in [2.75, 3.05) is 0 Å². The lowest BCUT2D eigenvalue weighted by atomic mass is 10.2. The fourth-order valence-electron chi connectivity index (χ4n) is 1.59. The third kappa shape index (κ3) is 3.26. The number of aromatic nitrogens is 2. The van der Waals surface area contributed by atoms with Gasteiger partial charge in [0.1, 0.15) is 11.6 Å². The quantitative estimate of drug-likeness (QED) is 0.816. The van der Waals surface area contributed by atoms with E-state index in [0.717, 1.165) is 5.56 Å². The van der Waals surface area contributed by atoms with Gasteiger partial charge in [0.15, 0.2) is 5.03 Å². The molecule has 0 aliphatic carbocycles. The minimum absolute atomic E-state index is 0.0143. The number of hydrogen-bond acceptors (Lipinski definition) is 3. The SMILES string of the molecule is Cc1nc(S(=O)(=O)Cl)cn1Cc1ccc(F)c(Cl)c1. The Kier molecular flexibility index (Phi) is 3.85. The van der Waals surface area contributed by atoms with E-state index in [9.17, 15) is 12.8 Å². The first-order valence-corrected chi connectivity index (χ1v) is 7.88. The Hall–Kier alpha value is -1.11. The van der Waals surface area contributed by atoms with Crippen LogP contribution in [0.3, 0.4) is 0 Å². The van der Waals surface area contributed by atoms with Crippen LogP contribution in [-0.4, -0.2) is 18.0 Å². The molecule has 8 heteroatoms. The topological polar surface area (TPSA) is 52.0 Å². The zero-order chi connectivity index (χ0) is 14.2. The summed E-state index contributed by atoms with van der Waals surface area (Å²) in [7, 11) is 1.36. The number of hydrogen-bond donors (Lipinski definition) is 0. The van der Waals surface area contributed by atoms with E-state index in [0.29, 0.717) is 12.4 Å². The van der Waals surface area contributed by atoms with Crippen molar-refractivity contribution in [1.82, 2.24) is 9.55 Å². The van der Waals surface area contributed by atoms with E-state index in [1.807, 2.05) is 0 Å². The first kappa shape index (κ1) is 14.3. The molecule has 0 radical (unpaired) electrons. The maximum atomic E-state index is 13.0. The normalized spacial score (nSPS) is 11.8. The third-order valence-corrected chi connectivity index (χ3v) is 4.00. The summed E-state index contributed by atoms with van der Waals surface area (Å²) in [6, 6.07) is 4.30. The van der Waals surface area contributed by atoms with E-state index in [-0.39, 0.29) is 10.0 Å². The van der Waals surface area contributed by atoms with Crippen LogP contribution in [0.25, 0.3) is 0 Å². The Morgan fingerprint density at radius 1 is 1.42 bits per heavy atom. The zero-order valence-electron chi connectivity index (χ0n) is 9.77. The molecule has 102 valence electrons. The first-order chi connectivity index (χ1) is 8.77. The first-order valence-electron chi connectivity index (χ1n) is 5.20. The predicted molar refractivity (Wildman–Crippen MR) is 70.5 cm³/mol. The number of aryl methyl sites for hydroxylation is 1. The van der Waals surface area contributed by atoms with Gasteiger partial charge in [0.05, 0.1) is 5.02 Å². The van der Waals surface area contributed by atoms with Gasteiger partial charge in [0.25, 0.3) is 9.05 Å². The molecule has 19 heavy (non-hydrogen) atoms. The number of rotatable bonds is 3. The van der Waals surface area contributed by atoms with Crippen LogP contribution < -0.4 is 0 Å². The average Bonchev–Trinajstić information content (AvgIpc) is 2.65. The number of nitrogens with zero attached hydrogens (tertiary/aromatic N) is 2. The Balaban J connectivity index is 2.33. The molecule has 0 bridgehead atoms. The van der Waals surface area contributed by atoms with E-state index in [2.05, 4.69) is 4.98 Å². The molecule has 1 aromatic heterocycles. The second kappa shape index (κ2) is 5.11. The molecule has 0 saturated heterocycles. The summed E-state index contributed by atoms with van der Waals surface area (Å²) < 4.78 is 37.0. The molecule has 1 aromatic carbocycles. The minimum Gasteiger partial charge on any atom is -0.329 e. The van der Waals surface area contributed by atoms with E-state index in [4.69, 9.17) is 22.3 Å².